The normalized spacial score (nSPS) is 14.7. The van der Waals surface area contributed by atoms with Crippen molar-refractivity contribution in [2.75, 3.05) is 7.05 Å². The van der Waals surface area contributed by atoms with Crippen LogP contribution in [0.25, 0.3) is 0 Å². The molecule has 0 aliphatic heterocycles. The van der Waals surface area contributed by atoms with E-state index in [4.69, 9.17) is 5.11 Å². The number of rotatable bonds is 3. The third kappa shape index (κ3) is 2.18. The lowest BCUT2D eigenvalue weighted by molar-refractivity contribution is -0.144. The monoisotopic (exact) mass is 275 g/mol. The summed E-state index contributed by atoms with van der Waals surface area (Å²) in [4.78, 5) is 11.1. The molecule has 1 unspecified atom stereocenters. The fourth-order valence-electron chi connectivity index (χ4n) is 1.18. The fraction of sp³-hybridized carbons (Fsp3) is 0.300. The van der Waals surface area contributed by atoms with E-state index in [2.05, 4.69) is 21.2 Å². The first-order valence-corrected chi connectivity index (χ1v) is 5.09. The maximum absolute atomic E-state index is 13.0. The van der Waals surface area contributed by atoms with Crippen molar-refractivity contribution in [2.45, 2.75) is 12.5 Å². The van der Waals surface area contributed by atoms with Crippen molar-refractivity contribution >= 4 is 21.9 Å². The van der Waals surface area contributed by atoms with Gasteiger partial charge in [0, 0.05) is 0 Å². The molecule has 0 spiro atoms. The first-order chi connectivity index (χ1) is 6.91. The van der Waals surface area contributed by atoms with Crippen LogP contribution in [0.15, 0.2) is 22.7 Å². The maximum Gasteiger partial charge on any atom is 0.328 e. The summed E-state index contributed by atoms with van der Waals surface area (Å²) >= 11 is 3.02. The summed E-state index contributed by atoms with van der Waals surface area (Å²) in [6.07, 6.45) is 0. The van der Waals surface area contributed by atoms with E-state index in [-0.39, 0.29) is 4.47 Å². The van der Waals surface area contributed by atoms with E-state index in [0.717, 1.165) is 0 Å². The lowest BCUT2D eigenvalue weighted by Crippen LogP contribution is -2.44. The van der Waals surface area contributed by atoms with Gasteiger partial charge < -0.3 is 10.4 Å². The van der Waals surface area contributed by atoms with Crippen molar-refractivity contribution in [3.63, 3.8) is 0 Å². The predicted molar refractivity (Wildman–Crippen MR) is 58.1 cm³/mol. The summed E-state index contributed by atoms with van der Waals surface area (Å²) in [5.74, 6) is -1.42. The highest BCUT2D eigenvalue weighted by atomic mass is 79.9. The number of likely N-dealkylation sites (N-methyl/N-ethyl adjacent to an activating group) is 1. The highest BCUT2D eigenvalue weighted by Gasteiger charge is 2.33. The molecular formula is C10H11BrFNO2. The second-order valence-corrected chi connectivity index (χ2v) is 4.16. The SMILES string of the molecule is CNC(C)(C(=O)O)c1ccc(F)c(Br)c1. The molecule has 0 amide bonds. The van der Waals surface area contributed by atoms with Crippen LogP contribution in [0.1, 0.15) is 12.5 Å². The Balaban J connectivity index is 3.25. The zero-order chi connectivity index (χ0) is 11.6. The van der Waals surface area contributed by atoms with Gasteiger partial charge in [-0.15, -0.1) is 0 Å². The molecule has 1 rings (SSSR count). The van der Waals surface area contributed by atoms with E-state index in [1.165, 1.54) is 25.1 Å². The second-order valence-electron chi connectivity index (χ2n) is 3.31. The van der Waals surface area contributed by atoms with Gasteiger partial charge >= 0.3 is 5.97 Å². The van der Waals surface area contributed by atoms with Crippen molar-refractivity contribution in [1.82, 2.24) is 5.32 Å². The van der Waals surface area contributed by atoms with Crippen LogP contribution in [0.4, 0.5) is 4.39 Å². The number of hydrogen-bond acceptors (Lipinski definition) is 2. The van der Waals surface area contributed by atoms with Gasteiger partial charge in [-0.3, -0.25) is 0 Å². The van der Waals surface area contributed by atoms with Gasteiger partial charge in [-0.05, 0) is 47.6 Å². The van der Waals surface area contributed by atoms with Gasteiger partial charge in [-0.25, -0.2) is 9.18 Å². The van der Waals surface area contributed by atoms with Crippen LogP contribution < -0.4 is 5.32 Å². The molecule has 1 aromatic rings. The molecule has 0 radical (unpaired) electrons. The third-order valence-electron chi connectivity index (χ3n) is 2.42. The zero-order valence-electron chi connectivity index (χ0n) is 8.34. The Morgan fingerprint density at radius 2 is 2.20 bits per heavy atom. The van der Waals surface area contributed by atoms with Gasteiger partial charge in [-0.1, -0.05) is 6.07 Å². The minimum Gasteiger partial charge on any atom is -0.480 e. The Morgan fingerprint density at radius 3 is 2.60 bits per heavy atom. The predicted octanol–water partition coefficient (Wildman–Crippen LogP) is 2.11. The van der Waals surface area contributed by atoms with Crippen molar-refractivity contribution in [3.05, 3.63) is 34.1 Å². The van der Waals surface area contributed by atoms with Crippen LogP contribution in [-0.2, 0) is 10.3 Å². The molecule has 0 aliphatic carbocycles. The molecule has 2 N–H and O–H groups in total. The molecule has 82 valence electrons. The third-order valence-corrected chi connectivity index (χ3v) is 3.03. The molecule has 0 aliphatic rings. The molecule has 0 saturated carbocycles. The Kier molecular flexibility index (Phi) is 3.46. The maximum atomic E-state index is 13.0. The van der Waals surface area contributed by atoms with Gasteiger partial charge in [0.2, 0.25) is 0 Å². The number of benzene rings is 1. The Bertz CT molecular complexity index is 397. The van der Waals surface area contributed by atoms with Crippen LogP contribution in [0.3, 0.4) is 0 Å². The van der Waals surface area contributed by atoms with Crippen LogP contribution >= 0.6 is 15.9 Å². The van der Waals surface area contributed by atoms with Crippen molar-refractivity contribution in [1.29, 1.82) is 0 Å². The van der Waals surface area contributed by atoms with Crippen LogP contribution in [-0.4, -0.2) is 18.1 Å². The number of halogens is 2. The lowest BCUT2D eigenvalue weighted by atomic mass is 9.92. The summed E-state index contributed by atoms with van der Waals surface area (Å²) < 4.78 is 13.2. The molecule has 1 atom stereocenters. The molecule has 1 aromatic carbocycles. The molecule has 0 bridgehead atoms. The minimum atomic E-state index is -1.21. The Morgan fingerprint density at radius 1 is 1.60 bits per heavy atom. The molecule has 15 heavy (non-hydrogen) atoms. The topological polar surface area (TPSA) is 49.3 Å². The Labute approximate surface area is 95.4 Å². The van der Waals surface area contributed by atoms with E-state index in [0.29, 0.717) is 5.56 Å². The summed E-state index contributed by atoms with van der Waals surface area (Å²) in [7, 11) is 1.55. The highest BCUT2D eigenvalue weighted by molar-refractivity contribution is 9.10. The van der Waals surface area contributed by atoms with E-state index in [1.54, 1.807) is 7.05 Å². The van der Waals surface area contributed by atoms with Crippen LogP contribution in [0, 0.1) is 5.82 Å². The summed E-state index contributed by atoms with van der Waals surface area (Å²) in [5, 5.41) is 11.8. The first-order valence-electron chi connectivity index (χ1n) is 4.29. The average Bonchev–Trinajstić information content (AvgIpc) is 2.20. The van der Waals surface area contributed by atoms with Crippen LogP contribution in [0.5, 0.6) is 0 Å². The summed E-state index contributed by atoms with van der Waals surface area (Å²) in [6.45, 7) is 1.52. The second kappa shape index (κ2) is 4.28. The molecular weight excluding hydrogens is 265 g/mol. The first kappa shape index (κ1) is 12.1. The van der Waals surface area contributed by atoms with Gasteiger partial charge in [0.05, 0.1) is 4.47 Å². The zero-order valence-corrected chi connectivity index (χ0v) is 9.93. The van der Waals surface area contributed by atoms with E-state index in [9.17, 15) is 9.18 Å². The van der Waals surface area contributed by atoms with Gasteiger partial charge in [0.25, 0.3) is 0 Å². The number of carboxylic acid groups (broad SMARTS) is 1. The number of carboxylic acids is 1. The van der Waals surface area contributed by atoms with Gasteiger partial charge in [0.1, 0.15) is 11.4 Å². The number of aliphatic carboxylic acids is 1. The smallest absolute Gasteiger partial charge is 0.328 e. The van der Waals surface area contributed by atoms with E-state index >= 15 is 0 Å². The van der Waals surface area contributed by atoms with Gasteiger partial charge in [-0.2, -0.15) is 0 Å². The Hall–Kier alpha value is -0.940. The fourth-order valence-corrected chi connectivity index (χ4v) is 1.56. The van der Waals surface area contributed by atoms with Crippen LogP contribution in [0.2, 0.25) is 0 Å². The largest absolute Gasteiger partial charge is 0.480 e. The lowest BCUT2D eigenvalue weighted by Gasteiger charge is -2.24. The van der Waals surface area contributed by atoms with Gasteiger partial charge in [0.15, 0.2) is 0 Å². The number of hydrogen-bond donors (Lipinski definition) is 2. The molecule has 3 nitrogen and oxygen atoms in total. The number of carbonyl (C=O) groups is 1. The average molecular weight is 276 g/mol. The minimum absolute atomic E-state index is 0.253. The molecule has 0 heterocycles. The van der Waals surface area contributed by atoms with E-state index < -0.39 is 17.3 Å². The van der Waals surface area contributed by atoms with Crippen molar-refractivity contribution in [3.8, 4) is 0 Å². The molecule has 5 heteroatoms. The van der Waals surface area contributed by atoms with Crippen molar-refractivity contribution < 1.29 is 14.3 Å². The summed E-state index contributed by atoms with van der Waals surface area (Å²) in [5.41, 5.74) is -0.721. The quantitative estimate of drug-likeness (QED) is 0.889. The standard InChI is InChI=1S/C10H11BrFNO2/c1-10(13-2,9(14)15)6-3-4-8(12)7(11)5-6/h3-5,13H,1-2H3,(H,14,15). The summed E-state index contributed by atoms with van der Waals surface area (Å²) in [6, 6.07) is 4.14. The highest BCUT2D eigenvalue weighted by Crippen LogP contribution is 2.25. The molecule has 0 fully saturated rings. The molecule has 0 aromatic heterocycles. The van der Waals surface area contributed by atoms with Crippen molar-refractivity contribution in [2.24, 2.45) is 0 Å². The van der Waals surface area contributed by atoms with E-state index in [1.807, 2.05) is 0 Å². The molecule has 0 saturated heterocycles. The number of nitrogens with one attached hydrogen (secondary N) is 1.